The molecule has 0 unspecified atom stereocenters. The largest absolute Gasteiger partial charge is 0.466 e. The van der Waals surface area contributed by atoms with Crippen LogP contribution in [-0.4, -0.2) is 62.9 Å². The van der Waals surface area contributed by atoms with Gasteiger partial charge in [-0.2, -0.15) is 0 Å². The lowest BCUT2D eigenvalue weighted by Gasteiger charge is -2.30. The average molecular weight is 369 g/mol. The van der Waals surface area contributed by atoms with E-state index >= 15 is 0 Å². The molecule has 2 N–H and O–H groups in total. The number of nitrogens with zero attached hydrogens (tertiary/aromatic N) is 4. The monoisotopic (exact) mass is 369 g/mol. The molecular formula is C15H23N5O4S. The third-order valence-corrected chi connectivity index (χ3v) is 5.11. The molecule has 9 nitrogen and oxygen atoms in total. The highest BCUT2D eigenvalue weighted by molar-refractivity contribution is 7.99. The zero-order valence-corrected chi connectivity index (χ0v) is 15.3. The van der Waals surface area contributed by atoms with Crippen molar-refractivity contribution in [2.24, 2.45) is 18.7 Å². The van der Waals surface area contributed by atoms with Crippen LogP contribution in [0.25, 0.3) is 0 Å². The van der Waals surface area contributed by atoms with Crippen molar-refractivity contribution in [2.45, 2.75) is 31.3 Å². The topological polar surface area (TPSA) is 120 Å². The Bertz CT molecular complexity index is 640. The van der Waals surface area contributed by atoms with E-state index in [1.807, 2.05) is 0 Å². The van der Waals surface area contributed by atoms with Gasteiger partial charge in [0, 0.05) is 26.1 Å². The van der Waals surface area contributed by atoms with Crippen LogP contribution in [0.3, 0.4) is 0 Å². The number of hydrogen-bond donors (Lipinski definition) is 1. The molecule has 0 bridgehead atoms. The molecule has 0 aromatic carbocycles. The number of carbonyl (C=O) groups excluding carboxylic acids is 3. The second-order valence-corrected chi connectivity index (χ2v) is 6.73. The summed E-state index contributed by atoms with van der Waals surface area (Å²) in [5, 5.41) is 8.56. The smallest absolute Gasteiger partial charge is 0.313 e. The van der Waals surface area contributed by atoms with Crippen molar-refractivity contribution in [1.29, 1.82) is 0 Å². The Labute approximate surface area is 150 Å². The maximum atomic E-state index is 12.3. The highest BCUT2D eigenvalue weighted by Gasteiger charge is 2.26. The van der Waals surface area contributed by atoms with Crippen molar-refractivity contribution in [1.82, 2.24) is 19.7 Å². The standard InChI is InChI=1S/C15H23N5O4S/c1-3-24-13(22)8-11-17-18-15(19(11)2)25-9-12(21)20-6-4-10(5-7-20)14(16)23/h10H,3-9H2,1-2H3,(H2,16,23). The molecule has 1 aliphatic heterocycles. The van der Waals surface area contributed by atoms with Crippen LogP contribution < -0.4 is 5.73 Å². The van der Waals surface area contributed by atoms with Gasteiger partial charge in [-0.1, -0.05) is 11.8 Å². The minimum absolute atomic E-state index is 0.0112. The molecule has 0 spiro atoms. The van der Waals surface area contributed by atoms with Gasteiger partial charge in [0.1, 0.15) is 12.2 Å². The Morgan fingerprint density at radius 2 is 1.96 bits per heavy atom. The third-order valence-electron chi connectivity index (χ3n) is 4.11. The first-order valence-corrected chi connectivity index (χ1v) is 9.14. The quantitative estimate of drug-likeness (QED) is 0.519. The second-order valence-electron chi connectivity index (χ2n) is 5.79. The number of amides is 2. The second kappa shape index (κ2) is 8.84. The Hall–Kier alpha value is -2.10. The Kier molecular flexibility index (Phi) is 6.80. The number of carbonyl (C=O) groups is 3. The van der Waals surface area contributed by atoms with Gasteiger partial charge in [0.15, 0.2) is 5.16 Å². The number of rotatable bonds is 7. The molecular weight excluding hydrogens is 346 g/mol. The number of primary amides is 1. The van der Waals surface area contributed by atoms with Crippen LogP contribution in [0.15, 0.2) is 5.16 Å². The Morgan fingerprint density at radius 3 is 2.56 bits per heavy atom. The number of likely N-dealkylation sites (tertiary alicyclic amines) is 1. The number of piperidine rings is 1. The van der Waals surface area contributed by atoms with E-state index in [2.05, 4.69) is 10.2 Å². The summed E-state index contributed by atoms with van der Waals surface area (Å²) in [5.74, 6) is -0.0795. The fraction of sp³-hybridized carbons (Fsp3) is 0.667. The maximum absolute atomic E-state index is 12.3. The van der Waals surface area contributed by atoms with Gasteiger partial charge in [0.2, 0.25) is 11.8 Å². The van der Waals surface area contributed by atoms with Crippen LogP contribution in [0, 0.1) is 5.92 Å². The van der Waals surface area contributed by atoms with Crippen LogP contribution >= 0.6 is 11.8 Å². The van der Waals surface area contributed by atoms with E-state index in [-0.39, 0.29) is 35.9 Å². The van der Waals surface area contributed by atoms with E-state index in [9.17, 15) is 14.4 Å². The van der Waals surface area contributed by atoms with Crippen LogP contribution in [0.2, 0.25) is 0 Å². The molecule has 2 amide bonds. The van der Waals surface area contributed by atoms with E-state index in [0.29, 0.717) is 43.5 Å². The van der Waals surface area contributed by atoms with Crippen molar-refractivity contribution < 1.29 is 19.1 Å². The van der Waals surface area contributed by atoms with Crippen molar-refractivity contribution in [3.05, 3.63) is 5.82 Å². The molecule has 1 aliphatic rings. The summed E-state index contributed by atoms with van der Waals surface area (Å²) in [6.07, 6.45) is 1.27. The van der Waals surface area contributed by atoms with E-state index in [4.69, 9.17) is 10.5 Å². The predicted octanol–water partition coefficient (Wildman–Crippen LogP) is -0.263. The fourth-order valence-electron chi connectivity index (χ4n) is 2.60. The van der Waals surface area contributed by atoms with Crippen LogP contribution in [0.4, 0.5) is 0 Å². The summed E-state index contributed by atoms with van der Waals surface area (Å²) in [5.41, 5.74) is 5.30. The van der Waals surface area contributed by atoms with E-state index in [1.165, 1.54) is 11.8 Å². The first-order valence-electron chi connectivity index (χ1n) is 8.16. The van der Waals surface area contributed by atoms with Gasteiger partial charge in [0.05, 0.1) is 12.4 Å². The van der Waals surface area contributed by atoms with Gasteiger partial charge in [-0.3, -0.25) is 14.4 Å². The lowest BCUT2D eigenvalue weighted by Crippen LogP contribution is -2.42. The first-order chi connectivity index (χ1) is 11.9. The average Bonchev–Trinajstić information content (AvgIpc) is 2.93. The molecule has 25 heavy (non-hydrogen) atoms. The SMILES string of the molecule is CCOC(=O)Cc1nnc(SCC(=O)N2CCC(C(N)=O)CC2)n1C. The van der Waals surface area contributed by atoms with Gasteiger partial charge in [0.25, 0.3) is 0 Å². The molecule has 0 atom stereocenters. The predicted molar refractivity (Wildman–Crippen MR) is 90.6 cm³/mol. The lowest BCUT2D eigenvalue weighted by atomic mass is 9.96. The number of aromatic nitrogens is 3. The maximum Gasteiger partial charge on any atom is 0.313 e. The summed E-state index contributed by atoms with van der Waals surface area (Å²) in [4.78, 5) is 36.7. The van der Waals surface area contributed by atoms with Crippen LogP contribution in [-0.2, 0) is 32.6 Å². The molecule has 2 heterocycles. The van der Waals surface area contributed by atoms with E-state index < -0.39 is 0 Å². The number of thioether (sulfide) groups is 1. The number of nitrogens with two attached hydrogens (primary N) is 1. The molecule has 0 aliphatic carbocycles. The summed E-state index contributed by atoms with van der Waals surface area (Å²) in [7, 11) is 1.75. The fourth-order valence-corrected chi connectivity index (χ4v) is 3.43. The van der Waals surface area contributed by atoms with Gasteiger partial charge < -0.3 is 19.9 Å². The molecule has 138 valence electrons. The van der Waals surface area contributed by atoms with Gasteiger partial charge in [-0.05, 0) is 19.8 Å². The van der Waals surface area contributed by atoms with Crippen molar-refractivity contribution >= 4 is 29.5 Å². The third kappa shape index (κ3) is 5.18. The molecule has 1 fully saturated rings. The summed E-state index contributed by atoms with van der Waals surface area (Å²) >= 11 is 1.27. The molecule has 1 saturated heterocycles. The van der Waals surface area contributed by atoms with Crippen molar-refractivity contribution in [3.63, 3.8) is 0 Å². The Balaban J connectivity index is 1.83. The van der Waals surface area contributed by atoms with Crippen LogP contribution in [0.1, 0.15) is 25.6 Å². The van der Waals surface area contributed by atoms with Gasteiger partial charge in [-0.25, -0.2) is 0 Å². The van der Waals surface area contributed by atoms with Crippen molar-refractivity contribution in [2.75, 3.05) is 25.4 Å². The first kappa shape index (κ1) is 19.2. The highest BCUT2D eigenvalue weighted by atomic mass is 32.2. The lowest BCUT2D eigenvalue weighted by molar-refractivity contribution is -0.142. The van der Waals surface area contributed by atoms with Gasteiger partial charge >= 0.3 is 5.97 Å². The highest BCUT2D eigenvalue weighted by Crippen LogP contribution is 2.20. The van der Waals surface area contributed by atoms with Gasteiger partial charge in [-0.15, -0.1) is 10.2 Å². The van der Waals surface area contributed by atoms with E-state index in [0.717, 1.165) is 0 Å². The normalized spacial score (nSPS) is 15.2. The molecule has 0 radical (unpaired) electrons. The number of esters is 1. The zero-order chi connectivity index (χ0) is 18.4. The number of hydrogen-bond acceptors (Lipinski definition) is 7. The minimum Gasteiger partial charge on any atom is -0.466 e. The number of ether oxygens (including phenoxy) is 1. The Morgan fingerprint density at radius 1 is 1.28 bits per heavy atom. The summed E-state index contributed by atoms with van der Waals surface area (Å²) < 4.78 is 6.58. The molecule has 1 aromatic rings. The summed E-state index contributed by atoms with van der Waals surface area (Å²) in [6.45, 7) is 3.15. The molecule has 10 heteroatoms. The van der Waals surface area contributed by atoms with Crippen molar-refractivity contribution in [3.8, 4) is 0 Å². The molecule has 2 rings (SSSR count). The molecule has 0 saturated carbocycles. The van der Waals surface area contributed by atoms with E-state index in [1.54, 1.807) is 23.4 Å². The zero-order valence-electron chi connectivity index (χ0n) is 14.4. The minimum atomic E-state index is -0.358. The van der Waals surface area contributed by atoms with Crippen LogP contribution in [0.5, 0.6) is 0 Å². The molecule has 1 aromatic heterocycles. The summed E-state index contributed by atoms with van der Waals surface area (Å²) in [6, 6.07) is 0.